The zero-order chi connectivity index (χ0) is 20.1. The van der Waals surface area contributed by atoms with Crippen LogP contribution in [-0.4, -0.2) is 30.1 Å². The standard InChI is InChI=1S/C19H16F2N4O3/c1-27-12-4-6-15(17(8-12)28-2)25-19(26)16-9-23-18(10-22-16)24-11-3-5-13(20)14(21)7-11/h3-10H,1-2H3,(H,23,24)(H,25,26). The van der Waals surface area contributed by atoms with E-state index >= 15 is 0 Å². The minimum atomic E-state index is -0.984. The maximum atomic E-state index is 13.2. The van der Waals surface area contributed by atoms with E-state index < -0.39 is 17.5 Å². The van der Waals surface area contributed by atoms with Crippen LogP contribution in [0.1, 0.15) is 10.5 Å². The van der Waals surface area contributed by atoms with E-state index in [2.05, 4.69) is 20.6 Å². The highest BCUT2D eigenvalue weighted by molar-refractivity contribution is 6.03. The summed E-state index contributed by atoms with van der Waals surface area (Å²) in [5.41, 5.74) is 0.807. The highest BCUT2D eigenvalue weighted by Gasteiger charge is 2.13. The number of ether oxygens (including phenoxy) is 2. The molecule has 0 spiro atoms. The zero-order valence-electron chi connectivity index (χ0n) is 15.0. The highest BCUT2D eigenvalue weighted by atomic mass is 19.2. The average molecular weight is 386 g/mol. The minimum Gasteiger partial charge on any atom is -0.497 e. The first-order chi connectivity index (χ1) is 13.5. The minimum absolute atomic E-state index is 0.0636. The van der Waals surface area contributed by atoms with Gasteiger partial charge in [0.1, 0.15) is 23.0 Å². The Morgan fingerprint density at radius 2 is 1.79 bits per heavy atom. The number of hydrogen-bond donors (Lipinski definition) is 2. The molecular formula is C19H16F2N4O3. The van der Waals surface area contributed by atoms with Gasteiger partial charge in [0.25, 0.3) is 5.91 Å². The topological polar surface area (TPSA) is 85.4 Å². The van der Waals surface area contributed by atoms with Crippen molar-refractivity contribution in [1.82, 2.24) is 9.97 Å². The molecule has 0 aliphatic carbocycles. The van der Waals surface area contributed by atoms with Gasteiger partial charge in [-0.1, -0.05) is 0 Å². The predicted molar refractivity (Wildman–Crippen MR) is 99.2 cm³/mol. The summed E-state index contributed by atoms with van der Waals surface area (Å²) in [5, 5.41) is 5.45. The van der Waals surface area contributed by atoms with Gasteiger partial charge in [-0.3, -0.25) is 4.79 Å². The van der Waals surface area contributed by atoms with Gasteiger partial charge in [0.15, 0.2) is 11.6 Å². The summed E-state index contributed by atoms with van der Waals surface area (Å²) in [5.74, 6) is -1.14. The van der Waals surface area contributed by atoms with Crippen LogP contribution in [0.4, 0.5) is 26.0 Å². The Morgan fingerprint density at radius 1 is 0.964 bits per heavy atom. The predicted octanol–water partition coefficient (Wildman–Crippen LogP) is 3.77. The molecule has 9 heteroatoms. The number of hydrogen-bond acceptors (Lipinski definition) is 6. The lowest BCUT2D eigenvalue weighted by molar-refractivity contribution is 0.102. The molecule has 3 aromatic rings. The molecule has 1 heterocycles. The van der Waals surface area contributed by atoms with Gasteiger partial charge in [0.05, 0.1) is 32.3 Å². The van der Waals surface area contributed by atoms with Crippen molar-refractivity contribution < 1.29 is 23.0 Å². The van der Waals surface area contributed by atoms with E-state index in [0.717, 1.165) is 12.1 Å². The Kier molecular flexibility index (Phi) is 5.64. The number of anilines is 3. The van der Waals surface area contributed by atoms with Crippen molar-refractivity contribution in [1.29, 1.82) is 0 Å². The Balaban J connectivity index is 1.70. The molecule has 0 bridgehead atoms. The van der Waals surface area contributed by atoms with E-state index in [1.54, 1.807) is 18.2 Å². The van der Waals surface area contributed by atoms with Gasteiger partial charge in [-0.2, -0.15) is 0 Å². The third-order valence-electron chi connectivity index (χ3n) is 3.73. The van der Waals surface area contributed by atoms with Crippen molar-refractivity contribution in [2.45, 2.75) is 0 Å². The van der Waals surface area contributed by atoms with Gasteiger partial charge in [0.2, 0.25) is 0 Å². The molecule has 0 saturated carbocycles. The second-order valence-corrected chi connectivity index (χ2v) is 5.56. The fourth-order valence-electron chi connectivity index (χ4n) is 2.32. The number of nitrogens with zero attached hydrogens (tertiary/aromatic N) is 2. The van der Waals surface area contributed by atoms with Crippen LogP contribution < -0.4 is 20.1 Å². The molecule has 0 unspecified atom stereocenters. The average Bonchev–Trinajstić information content (AvgIpc) is 2.71. The van der Waals surface area contributed by atoms with Crippen LogP contribution in [0.5, 0.6) is 11.5 Å². The molecule has 2 N–H and O–H groups in total. The summed E-state index contributed by atoms with van der Waals surface area (Å²) in [4.78, 5) is 20.5. The quantitative estimate of drug-likeness (QED) is 0.671. The van der Waals surface area contributed by atoms with E-state index in [1.807, 2.05) is 0 Å². The number of aromatic nitrogens is 2. The van der Waals surface area contributed by atoms with E-state index in [-0.39, 0.29) is 11.5 Å². The van der Waals surface area contributed by atoms with Crippen molar-refractivity contribution in [2.24, 2.45) is 0 Å². The molecule has 0 aliphatic rings. The van der Waals surface area contributed by atoms with Gasteiger partial charge >= 0.3 is 0 Å². The van der Waals surface area contributed by atoms with E-state index in [9.17, 15) is 13.6 Å². The summed E-state index contributed by atoms with van der Waals surface area (Å²) in [6.07, 6.45) is 2.56. The Morgan fingerprint density at radius 3 is 2.43 bits per heavy atom. The van der Waals surface area contributed by atoms with E-state index in [4.69, 9.17) is 9.47 Å². The second kappa shape index (κ2) is 8.30. The fraction of sp³-hybridized carbons (Fsp3) is 0.105. The van der Waals surface area contributed by atoms with Gasteiger partial charge in [-0.25, -0.2) is 18.7 Å². The van der Waals surface area contributed by atoms with Crippen LogP contribution in [0.2, 0.25) is 0 Å². The molecule has 144 valence electrons. The van der Waals surface area contributed by atoms with Crippen molar-refractivity contribution >= 4 is 23.1 Å². The number of carbonyl (C=O) groups is 1. The number of methoxy groups -OCH3 is 2. The molecule has 0 radical (unpaired) electrons. The summed E-state index contributed by atoms with van der Waals surface area (Å²) in [6, 6.07) is 8.30. The molecule has 0 saturated heterocycles. The fourth-order valence-corrected chi connectivity index (χ4v) is 2.32. The zero-order valence-corrected chi connectivity index (χ0v) is 15.0. The number of nitrogens with one attached hydrogen (secondary N) is 2. The van der Waals surface area contributed by atoms with Crippen LogP contribution in [0.25, 0.3) is 0 Å². The molecule has 1 amide bonds. The van der Waals surface area contributed by atoms with E-state index in [1.165, 1.54) is 32.7 Å². The molecule has 28 heavy (non-hydrogen) atoms. The van der Waals surface area contributed by atoms with Crippen LogP contribution >= 0.6 is 0 Å². The van der Waals surface area contributed by atoms with E-state index in [0.29, 0.717) is 22.9 Å². The lowest BCUT2D eigenvalue weighted by atomic mass is 10.2. The van der Waals surface area contributed by atoms with Crippen LogP contribution in [0, 0.1) is 11.6 Å². The molecule has 3 rings (SSSR count). The lowest BCUT2D eigenvalue weighted by Crippen LogP contribution is -2.15. The van der Waals surface area contributed by atoms with Crippen molar-refractivity contribution in [3.05, 3.63) is 66.1 Å². The molecule has 0 aliphatic heterocycles. The summed E-state index contributed by atoms with van der Waals surface area (Å²) in [7, 11) is 3.00. The first-order valence-corrected chi connectivity index (χ1v) is 8.07. The number of amides is 1. The molecule has 1 aromatic heterocycles. The normalized spacial score (nSPS) is 10.3. The van der Waals surface area contributed by atoms with Crippen LogP contribution in [0.3, 0.4) is 0 Å². The summed E-state index contributed by atoms with van der Waals surface area (Å²) in [6.45, 7) is 0. The smallest absolute Gasteiger partial charge is 0.275 e. The van der Waals surface area contributed by atoms with Crippen LogP contribution in [-0.2, 0) is 0 Å². The number of carbonyl (C=O) groups excluding carboxylic acids is 1. The van der Waals surface area contributed by atoms with Gasteiger partial charge in [-0.15, -0.1) is 0 Å². The maximum Gasteiger partial charge on any atom is 0.275 e. The molecule has 0 atom stereocenters. The molecular weight excluding hydrogens is 370 g/mol. The maximum absolute atomic E-state index is 13.2. The Labute approximate surface area is 159 Å². The second-order valence-electron chi connectivity index (χ2n) is 5.56. The highest BCUT2D eigenvalue weighted by Crippen LogP contribution is 2.29. The molecule has 7 nitrogen and oxygen atoms in total. The first kappa shape index (κ1) is 19.0. The van der Waals surface area contributed by atoms with Gasteiger partial charge < -0.3 is 20.1 Å². The summed E-state index contributed by atoms with van der Waals surface area (Å²) < 4.78 is 36.6. The Hall–Kier alpha value is -3.75. The largest absolute Gasteiger partial charge is 0.497 e. The number of rotatable bonds is 6. The van der Waals surface area contributed by atoms with Crippen LogP contribution in [0.15, 0.2) is 48.8 Å². The first-order valence-electron chi connectivity index (χ1n) is 8.07. The Bertz CT molecular complexity index is 997. The third-order valence-corrected chi connectivity index (χ3v) is 3.73. The SMILES string of the molecule is COc1ccc(NC(=O)c2cnc(Nc3ccc(F)c(F)c3)cn2)c(OC)c1. The molecule has 0 fully saturated rings. The third kappa shape index (κ3) is 4.32. The number of benzene rings is 2. The number of halogens is 2. The van der Waals surface area contributed by atoms with Crippen molar-refractivity contribution in [3.63, 3.8) is 0 Å². The van der Waals surface area contributed by atoms with Crippen molar-refractivity contribution in [3.8, 4) is 11.5 Å². The lowest BCUT2D eigenvalue weighted by Gasteiger charge is -2.11. The monoisotopic (exact) mass is 386 g/mol. The van der Waals surface area contributed by atoms with Gasteiger partial charge in [-0.05, 0) is 24.3 Å². The summed E-state index contributed by atoms with van der Waals surface area (Å²) >= 11 is 0. The molecule has 2 aromatic carbocycles. The van der Waals surface area contributed by atoms with Gasteiger partial charge in [0, 0.05) is 17.8 Å². The van der Waals surface area contributed by atoms with Crippen molar-refractivity contribution in [2.75, 3.05) is 24.9 Å².